The fourth-order valence-corrected chi connectivity index (χ4v) is 1.84. The summed E-state index contributed by atoms with van der Waals surface area (Å²) in [5, 5.41) is 7.02. The van der Waals surface area contributed by atoms with Crippen LogP contribution in [-0.2, 0) is 13.0 Å². The summed E-state index contributed by atoms with van der Waals surface area (Å²) in [6.07, 6.45) is 4.10. The Hall–Kier alpha value is -1.61. The van der Waals surface area contributed by atoms with Crippen LogP contribution >= 0.6 is 0 Å². The highest BCUT2D eigenvalue weighted by Gasteiger charge is 2.05. The number of hydrogen-bond donors (Lipinski definition) is 2. The van der Waals surface area contributed by atoms with Gasteiger partial charge in [0.05, 0.1) is 11.9 Å². The molecule has 0 atom stereocenters. The van der Waals surface area contributed by atoms with Gasteiger partial charge in [-0.25, -0.2) is 0 Å². The van der Waals surface area contributed by atoms with Crippen molar-refractivity contribution in [1.82, 2.24) is 10.2 Å². The van der Waals surface area contributed by atoms with E-state index in [-0.39, 0.29) is 0 Å². The Balaban J connectivity index is 2.27. The van der Waals surface area contributed by atoms with E-state index in [0.29, 0.717) is 6.54 Å². The van der Waals surface area contributed by atoms with Crippen molar-refractivity contribution >= 4 is 0 Å². The van der Waals surface area contributed by atoms with Crippen molar-refractivity contribution < 1.29 is 0 Å². The molecule has 0 bridgehead atoms. The lowest BCUT2D eigenvalue weighted by Crippen LogP contribution is -1.96. The molecule has 84 valence electrons. The van der Waals surface area contributed by atoms with Gasteiger partial charge >= 0.3 is 0 Å². The SMILES string of the molecule is CCCc1ccc(-c2[nH]ncc2CN)cc1. The summed E-state index contributed by atoms with van der Waals surface area (Å²) in [5.74, 6) is 0. The predicted molar refractivity (Wildman–Crippen MR) is 65.9 cm³/mol. The number of nitrogens with zero attached hydrogens (tertiary/aromatic N) is 1. The number of H-pyrrole nitrogens is 1. The summed E-state index contributed by atoms with van der Waals surface area (Å²) in [6.45, 7) is 2.71. The number of nitrogens with two attached hydrogens (primary N) is 1. The summed E-state index contributed by atoms with van der Waals surface area (Å²) >= 11 is 0. The van der Waals surface area contributed by atoms with E-state index in [4.69, 9.17) is 5.73 Å². The largest absolute Gasteiger partial charge is 0.326 e. The van der Waals surface area contributed by atoms with E-state index >= 15 is 0 Å². The van der Waals surface area contributed by atoms with Gasteiger partial charge in [-0.3, -0.25) is 5.10 Å². The number of rotatable bonds is 4. The third kappa shape index (κ3) is 2.14. The number of aryl methyl sites for hydroxylation is 1. The van der Waals surface area contributed by atoms with Crippen LogP contribution in [0.3, 0.4) is 0 Å². The molecule has 0 amide bonds. The van der Waals surface area contributed by atoms with Crippen LogP contribution in [0.2, 0.25) is 0 Å². The van der Waals surface area contributed by atoms with Crippen molar-refractivity contribution in [3.63, 3.8) is 0 Å². The van der Waals surface area contributed by atoms with Gasteiger partial charge in [0.2, 0.25) is 0 Å². The van der Waals surface area contributed by atoms with Gasteiger partial charge < -0.3 is 5.73 Å². The second-order valence-electron chi connectivity index (χ2n) is 3.92. The van der Waals surface area contributed by atoms with Gasteiger partial charge in [-0.2, -0.15) is 5.10 Å². The summed E-state index contributed by atoms with van der Waals surface area (Å²) in [6, 6.07) is 8.58. The molecule has 3 heteroatoms. The first-order chi connectivity index (χ1) is 7.85. The third-order valence-corrected chi connectivity index (χ3v) is 2.72. The fraction of sp³-hybridized carbons (Fsp3) is 0.308. The lowest BCUT2D eigenvalue weighted by Gasteiger charge is -2.03. The molecule has 2 aromatic rings. The first-order valence-electron chi connectivity index (χ1n) is 5.66. The number of hydrogen-bond acceptors (Lipinski definition) is 2. The number of aromatic nitrogens is 2. The number of aromatic amines is 1. The summed E-state index contributed by atoms with van der Waals surface area (Å²) in [5.41, 5.74) is 10.3. The molecule has 0 saturated carbocycles. The molecule has 0 saturated heterocycles. The number of nitrogens with one attached hydrogen (secondary N) is 1. The fourth-order valence-electron chi connectivity index (χ4n) is 1.84. The van der Waals surface area contributed by atoms with Crippen molar-refractivity contribution in [2.24, 2.45) is 5.73 Å². The Labute approximate surface area is 95.7 Å². The summed E-state index contributed by atoms with van der Waals surface area (Å²) in [7, 11) is 0. The average molecular weight is 215 g/mol. The van der Waals surface area contributed by atoms with Crippen molar-refractivity contribution in [3.05, 3.63) is 41.6 Å². The monoisotopic (exact) mass is 215 g/mol. The Morgan fingerprint density at radius 3 is 2.62 bits per heavy atom. The topological polar surface area (TPSA) is 54.7 Å². The van der Waals surface area contributed by atoms with Crippen molar-refractivity contribution in [2.75, 3.05) is 0 Å². The van der Waals surface area contributed by atoms with Crippen LogP contribution in [0.5, 0.6) is 0 Å². The van der Waals surface area contributed by atoms with E-state index in [1.54, 1.807) is 6.20 Å². The maximum Gasteiger partial charge on any atom is 0.0695 e. The molecular formula is C13H17N3. The lowest BCUT2D eigenvalue weighted by atomic mass is 10.0. The molecule has 3 N–H and O–H groups in total. The molecule has 0 spiro atoms. The Morgan fingerprint density at radius 2 is 2.00 bits per heavy atom. The van der Waals surface area contributed by atoms with Gasteiger partial charge in [-0.15, -0.1) is 0 Å². The predicted octanol–water partition coefficient (Wildman–Crippen LogP) is 2.49. The lowest BCUT2D eigenvalue weighted by molar-refractivity contribution is 0.922. The van der Waals surface area contributed by atoms with Gasteiger partial charge in [0.1, 0.15) is 0 Å². The van der Waals surface area contributed by atoms with E-state index in [1.165, 1.54) is 12.0 Å². The zero-order chi connectivity index (χ0) is 11.4. The van der Waals surface area contributed by atoms with Gasteiger partial charge in [0, 0.05) is 12.1 Å². The van der Waals surface area contributed by atoms with Crippen LogP contribution in [0.4, 0.5) is 0 Å². The molecule has 0 aliphatic heterocycles. The van der Waals surface area contributed by atoms with Crippen molar-refractivity contribution in [3.8, 4) is 11.3 Å². The van der Waals surface area contributed by atoms with E-state index < -0.39 is 0 Å². The quantitative estimate of drug-likeness (QED) is 0.823. The molecule has 0 radical (unpaired) electrons. The third-order valence-electron chi connectivity index (χ3n) is 2.72. The molecule has 0 aliphatic carbocycles. The van der Waals surface area contributed by atoms with Crippen LogP contribution in [0, 0.1) is 0 Å². The van der Waals surface area contributed by atoms with E-state index in [9.17, 15) is 0 Å². The molecule has 1 aromatic carbocycles. The normalized spacial score (nSPS) is 10.6. The minimum atomic E-state index is 0.516. The van der Waals surface area contributed by atoms with Crippen LogP contribution < -0.4 is 5.73 Å². The minimum Gasteiger partial charge on any atom is -0.326 e. The molecule has 0 fully saturated rings. The van der Waals surface area contributed by atoms with Crippen molar-refractivity contribution in [1.29, 1.82) is 0 Å². The van der Waals surface area contributed by atoms with Gasteiger partial charge in [-0.05, 0) is 17.5 Å². The Morgan fingerprint density at radius 1 is 1.25 bits per heavy atom. The molecule has 2 rings (SSSR count). The standard InChI is InChI=1S/C13H17N3/c1-2-3-10-4-6-11(7-5-10)13-12(8-14)9-15-16-13/h4-7,9H,2-3,8,14H2,1H3,(H,15,16). The highest BCUT2D eigenvalue weighted by atomic mass is 15.1. The highest BCUT2D eigenvalue weighted by Crippen LogP contribution is 2.21. The number of benzene rings is 1. The summed E-state index contributed by atoms with van der Waals surface area (Å²) in [4.78, 5) is 0. The maximum atomic E-state index is 5.65. The van der Waals surface area contributed by atoms with Gasteiger partial charge in [-0.1, -0.05) is 37.6 Å². The average Bonchev–Trinajstić information content (AvgIpc) is 2.78. The maximum absolute atomic E-state index is 5.65. The summed E-state index contributed by atoms with van der Waals surface area (Å²) < 4.78 is 0. The van der Waals surface area contributed by atoms with Gasteiger partial charge in [0.15, 0.2) is 0 Å². The molecule has 0 aliphatic rings. The minimum absolute atomic E-state index is 0.516. The molecule has 1 heterocycles. The molecule has 0 unspecified atom stereocenters. The zero-order valence-electron chi connectivity index (χ0n) is 9.53. The first kappa shape index (κ1) is 10.9. The molecule has 16 heavy (non-hydrogen) atoms. The van der Waals surface area contributed by atoms with E-state index in [0.717, 1.165) is 23.2 Å². The first-order valence-corrected chi connectivity index (χ1v) is 5.66. The molecular weight excluding hydrogens is 198 g/mol. The van der Waals surface area contributed by atoms with Crippen LogP contribution in [0.15, 0.2) is 30.5 Å². The second-order valence-corrected chi connectivity index (χ2v) is 3.92. The van der Waals surface area contributed by atoms with Crippen LogP contribution in [0.1, 0.15) is 24.5 Å². The van der Waals surface area contributed by atoms with Gasteiger partial charge in [0.25, 0.3) is 0 Å². The Bertz CT molecular complexity index is 442. The van der Waals surface area contributed by atoms with E-state index in [2.05, 4.69) is 41.4 Å². The Kier molecular flexibility index (Phi) is 3.37. The van der Waals surface area contributed by atoms with Crippen molar-refractivity contribution in [2.45, 2.75) is 26.3 Å². The molecule has 3 nitrogen and oxygen atoms in total. The van der Waals surface area contributed by atoms with Crippen LogP contribution in [0.25, 0.3) is 11.3 Å². The second kappa shape index (κ2) is 4.94. The van der Waals surface area contributed by atoms with Crippen LogP contribution in [-0.4, -0.2) is 10.2 Å². The zero-order valence-corrected chi connectivity index (χ0v) is 9.53. The highest BCUT2D eigenvalue weighted by molar-refractivity contribution is 5.62. The molecule has 1 aromatic heterocycles. The van der Waals surface area contributed by atoms with E-state index in [1.807, 2.05) is 0 Å². The smallest absolute Gasteiger partial charge is 0.0695 e.